The molecular weight excluding hydrogens is 210 g/mol. The molecular formula is C14H19N3. The van der Waals surface area contributed by atoms with Crippen molar-refractivity contribution in [3.63, 3.8) is 0 Å². The Morgan fingerprint density at radius 2 is 2.18 bits per heavy atom. The smallest absolute Gasteiger partial charge is 0.130 e. The molecule has 3 nitrogen and oxygen atoms in total. The summed E-state index contributed by atoms with van der Waals surface area (Å²) in [7, 11) is 0. The highest BCUT2D eigenvalue weighted by Gasteiger charge is 2.30. The van der Waals surface area contributed by atoms with Crippen molar-refractivity contribution in [3.8, 4) is 6.07 Å². The summed E-state index contributed by atoms with van der Waals surface area (Å²) >= 11 is 0. The van der Waals surface area contributed by atoms with Crippen molar-refractivity contribution in [1.29, 1.82) is 5.26 Å². The van der Waals surface area contributed by atoms with Crippen LogP contribution in [0.4, 0.5) is 5.82 Å². The van der Waals surface area contributed by atoms with Gasteiger partial charge >= 0.3 is 0 Å². The summed E-state index contributed by atoms with van der Waals surface area (Å²) in [6.07, 6.45) is 2.51. The maximum absolute atomic E-state index is 9.01. The molecule has 0 bridgehead atoms. The van der Waals surface area contributed by atoms with Crippen LogP contribution in [-0.2, 0) is 0 Å². The van der Waals surface area contributed by atoms with Crippen LogP contribution in [0.2, 0.25) is 0 Å². The van der Waals surface area contributed by atoms with E-state index < -0.39 is 0 Å². The Balaban J connectivity index is 2.29. The Hall–Kier alpha value is -1.56. The van der Waals surface area contributed by atoms with Crippen LogP contribution in [0.1, 0.15) is 37.9 Å². The number of pyridine rings is 1. The highest BCUT2D eigenvalue weighted by atomic mass is 15.2. The molecule has 0 spiro atoms. The second kappa shape index (κ2) is 4.75. The lowest BCUT2D eigenvalue weighted by molar-refractivity contribution is 0.602. The third-order valence-corrected chi connectivity index (χ3v) is 2.91. The van der Waals surface area contributed by atoms with E-state index in [2.05, 4.69) is 29.8 Å². The van der Waals surface area contributed by atoms with Gasteiger partial charge in [0.1, 0.15) is 5.82 Å². The molecule has 0 saturated heterocycles. The van der Waals surface area contributed by atoms with Crippen molar-refractivity contribution < 1.29 is 0 Å². The number of hydrogen-bond acceptors (Lipinski definition) is 3. The van der Waals surface area contributed by atoms with Crippen molar-refractivity contribution in [3.05, 3.63) is 23.4 Å². The second-order valence-electron chi connectivity index (χ2n) is 5.24. The summed E-state index contributed by atoms with van der Waals surface area (Å²) in [5, 5.41) is 9.01. The van der Waals surface area contributed by atoms with Gasteiger partial charge in [-0.15, -0.1) is 0 Å². The maximum Gasteiger partial charge on any atom is 0.130 e. The van der Waals surface area contributed by atoms with Gasteiger partial charge in [-0.05, 0) is 37.8 Å². The van der Waals surface area contributed by atoms with Crippen LogP contribution in [0.3, 0.4) is 0 Å². The summed E-state index contributed by atoms with van der Waals surface area (Å²) in [5.74, 6) is 1.58. The minimum absolute atomic E-state index is 0.614. The predicted molar refractivity (Wildman–Crippen MR) is 68.9 cm³/mol. The predicted octanol–water partition coefficient (Wildman–Crippen LogP) is 2.89. The third-order valence-electron chi connectivity index (χ3n) is 2.91. The highest BCUT2D eigenvalue weighted by molar-refractivity contribution is 5.48. The molecule has 1 aromatic rings. The van der Waals surface area contributed by atoms with E-state index >= 15 is 0 Å². The molecule has 0 amide bonds. The van der Waals surface area contributed by atoms with E-state index in [9.17, 15) is 0 Å². The first kappa shape index (κ1) is 11.9. The minimum atomic E-state index is 0.614. The maximum atomic E-state index is 9.01. The molecule has 0 radical (unpaired) electrons. The van der Waals surface area contributed by atoms with Gasteiger partial charge in [-0.1, -0.05) is 13.8 Å². The first-order valence-electron chi connectivity index (χ1n) is 6.25. The molecule has 1 aliphatic carbocycles. The van der Waals surface area contributed by atoms with E-state index in [1.807, 2.05) is 19.1 Å². The monoisotopic (exact) mass is 229 g/mol. The number of nitriles is 1. The van der Waals surface area contributed by atoms with Gasteiger partial charge in [0, 0.05) is 18.3 Å². The van der Waals surface area contributed by atoms with Gasteiger partial charge in [-0.25, -0.2) is 4.98 Å². The lowest BCUT2D eigenvalue weighted by atomic mass is 10.2. The zero-order valence-electron chi connectivity index (χ0n) is 10.8. The van der Waals surface area contributed by atoms with E-state index in [4.69, 9.17) is 5.26 Å². The average molecular weight is 229 g/mol. The summed E-state index contributed by atoms with van der Waals surface area (Å²) < 4.78 is 0. The molecule has 3 heteroatoms. The van der Waals surface area contributed by atoms with E-state index in [1.54, 1.807) is 0 Å². The summed E-state index contributed by atoms with van der Waals surface area (Å²) in [6, 6.07) is 6.59. The zero-order valence-corrected chi connectivity index (χ0v) is 10.8. The summed E-state index contributed by atoms with van der Waals surface area (Å²) in [5.41, 5.74) is 1.63. The fraction of sp³-hybridized carbons (Fsp3) is 0.571. The largest absolute Gasteiger partial charge is 0.353 e. The fourth-order valence-electron chi connectivity index (χ4n) is 2.07. The van der Waals surface area contributed by atoms with Crippen LogP contribution in [0.25, 0.3) is 0 Å². The van der Waals surface area contributed by atoms with Gasteiger partial charge in [0.15, 0.2) is 0 Å². The van der Waals surface area contributed by atoms with Crippen LogP contribution in [0.15, 0.2) is 12.1 Å². The quantitative estimate of drug-likeness (QED) is 0.797. The van der Waals surface area contributed by atoms with Gasteiger partial charge in [-0.3, -0.25) is 0 Å². The Bertz CT molecular complexity index is 441. The molecule has 2 rings (SSSR count). The molecule has 0 aromatic carbocycles. The van der Waals surface area contributed by atoms with Gasteiger partial charge in [0.25, 0.3) is 0 Å². The zero-order chi connectivity index (χ0) is 12.4. The number of anilines is 1. The molecule has 90 valence electrons. The molecule has 0 N–H and O–H groups in total. The SMILES string of the molecule is Cc1cc(C#N)cc(N(CC(C)C)C2CC2)n1. The van der Waals surface area contributed by atoms with Gasteiger partial charge < -0.3 is 4.90 Å². The minimum Gasteiger partial charge on any atom is -0.353 e. The molecule has 17 heavy (non-hydrogen) atoms. The van der Waals surface area contributed by atoms with Crippen molar-refractivity contribution in [2.45, 2.75) is 39.7 Å². The fourth-order valence-corrected chi connectivity index (χ4v) is 2.07. The van der Waals surface area contributed by atoms with E-state index in [0.717, 1.165) is 18.1 Å². The van der Waals surface area contributed by atoms with Crippen LogP contribution < -0.4 is 4.90 Å². The van der Waals surface area contributed by atoms with Crippen molar-refractivity contribution >= 4 is 5.82 Å². The molecule has 0 aliphatic heterocycles. The average Bonchev–Trinajstić information content (AvgIpc) is 3.08. The van der Waals surface area contributed by atoms with Crippen LogP contribution >= 0.6 is 0 Å². The number of nitrogens with zero attached hydrogens (tertiary/aromatic N) is 3. The molecule has 1 fully saturated rings. The molecule has 0 unspecified atom stereocenters. The molecule has 1 heterocycles. The summed E-state index contributed by atoms with van der Waals surface area (Å²) in [4.78, 5) is 6.93. The van der Waals surface area contributed by atoms with Crippen molar-refractivity contribution in [2.24, 2.45) is 5.92 Å². The first-order valence-corrected chi connectivity index (χ1v) is 6.25. The lowest BCUT2D eigenvalue weighted by Crippen LogP contribution is -2.30. The second-order valence-corrected chi connectivity index (χ2v) is 5.24. The first-order chi connectivity index (χ1) is 8.10. The van der Waals surface area contributed by atoms with Crippen molar-refractivity contribution in [1.82, 2.24) is 4.98 Å². The standard InChI is InChI=1S/C14H19N3/c1-10(2)9-17(13-4-5-13)14-7-12(8-15)6-11(3)16-14/h6-7,10,13H,4-5,9H2,1-3H3. The third kappa shape index (κ3) is 2.97. The number of aryl methyl sites for hydroxylation is 1. The lowest BCUT2D eigenvalue weighted by Gasteiger charge is -2.26. The topological polar surface area (TPSA) is 39.9 Å². The number of aromatic nitrogens is 1. The molecule has 1 aromatic heterocycles. The Morgan fingerprint density at radius 1 is 1.47 bits per heavy atom. The van der Waals surface area contributed by atoms with Gasteiger partial charge in [0.2, 0.25) is 0 Å². The van der Waals surface area contributed by atoms with Gasteiger partial charge in [0.05, 0.1) is 11.6 Å². The Kier molecular flexibility index (Phi) is 3.33. The normalized spacial score (nSPS) is 14.8. The van der Waals surface area contributed by atoms with Crippen molar-refractivity contribution in [2.75, 3.05) is 11.4 Å². The highest BCUT2D eigenvalue weighted by Crippen LogP contribution is 2.31. The van der Waals surface area contributed by atoms with E-state index in [0.29, 0.717) is 17.5 Å². The van der Waals surface area contributed by atoms with Crippen LogP contribution in [-0.4, -0.2) is 17.6 Å². The van der Waals surface area contributed by atoms with Crippen LogP contribution in [0.5, 0.6) is 0 Å². The van der Waals surface area contributed by atoms with Crippen LogP contribution in [0, 0.1) is 24.2 Å². The number of rotatable bonds is 4. The molecule has 1 saturated carbocycles. The van der Waals surface area contributed by atoms with E-state index in [-0.39, 0.29) is 0 Å². The molecule has 0 atom stereocenters. The molecule has 1 aliphatic rings. The Morgan fingerprint density at radius 3 is 2.71 bits per heavy atom. The van der Waals surface area contributed by atoms with Gasteiger partial charge in [-0.2, -0.15) is 5.26 Å². The number of hydrogen-bond donors (Lipinski definition) is 0. The Labute approximate surface area is 103 Å². The van der Waals surface area contributed by atoms with E-state index in [1.165, 1.54) is 12.8 Å². The summed E-state index contributed by atoms with van der Waals surface area (Å²) in [6.45, 7) is 7.41.